The Bertz CT molecular complexity index is 1470. The molecular formula is C31H24ClNO5S. The zero-order valence-corrected chi connectivity index (χ0v) is 22.6. The average Bonchev–Trinajstić information content (AvgIpc) is 2.96. The summed E-state index contributed by atoms with van der Waals surface area (Å²) in [6, 6.07) is 29.9. The second-order valence-corrected chi connectivity index (χ2v) is 9.95. The largest absolute Gasteiger partial charge is 0.457 e. The summed E-state index contributed by atoms with van der Waals surface area (Å²) in [4.78, 5) is 42.8. The van der Waals surface area contributed by atoms with Crippen molar-refractivity contribution < 1.29 is 24.0 Å². The Morgan fingerprint density at radius 1 is 0.744 bits per heavy atom. The molecule has 0 aromatic heterocycles. The first-order valence-electron chi connectivity index (χ1n) is 12.0. The predicted molar refractivity (Wildman–Crippen MR) is 153 cm³/mol. The lowest BCUT2D eigenvalue weighted by atomic mass is 10.0. The number of rotatable bonds is 11. The number of hydrogen-bond acceptors (Lipinski definition) is 7. The van der Waals surface area contributed by atoms with Crippen LogP contribution in [0.1, 0.15) is 39.6 Å². The van der Waals surface area contributed by atoms with E-state index in [0.717, 1.165) is 4.90 Å². The summed E-state index contributed by atoms with van der Waals surface area (Å²) in [5.41, 5.74) is 1.70. The monoisotopic (exact) mass is 557 g/mol. The van der Waals surface area contributed by atoms with Crippen LogP contribution in [-0.2, 0) is 9.63 Å². The lowest BCUT2D eigenvalue weighted by Gasteiger charge is -2.09. The molecule has 0 heterocycles. The van der Waals surface area contributed by atoms with E-state index in [1.165, 1.54) is 18.7 Å². The fourth-order valence-corrected chi connectivity index (χ4v) is 4.51. The minimum atomic E-state index is -0.606. The van der Waals surface area contributed by atoms with Crippen LogP contribution in [0.5, 0.6) is 11.5 Å². The van der Waals surface area contributed by atoms with E-state index in [2.05, 4.69) is 5.16 Å². The molecule has 0 unspecified atom stereocenters. The van der Waals surface area contributed by atoms with Crippen LogP contribution in [-0.4, -0.2) is 29.0 Å². The summed E-state index contributed by atoms with van der Waals surface area (Å²) in [5, 5.41) is 4.45. The first-order valence-corrected chi connectivity index (χ1v) is 13.4. The summed E-state index contributed by atoms with van der Waals surface area (Å²) >= 11 is 7.46. The Labute approximate surface area is 235 Å². The van der Waals surface area contributed by atoms with E-state index in [0.29, 0.717) is 45.4 Å². The first kappa shape index (κ1) is 27.8. The summed E-state index contributed by atoms with van der Waals surface area (Å²) in [6.45, 7) is 1.23. The molecule has 0 saturated heterocycles. The lowest BCUT2D eigenvalue weighted by Crippen LogP contribution is -2.16. The molecule has 0 atom stereocenters. The van der Waals surface area contributed by atoms with Gasteiger partial charge in [-0.25, -0.2) is 4.79 Å². The van der Waals surface area contributed by atoms with Gasteiger partial charge in [0, 0.05) is 45.7 Å². The van der Waals surface area contributed by atoms with Crippen LogP contribution >= 0.6 is 23.4 Å². The molecule has 8 heteroatoms. The zero-order chi connectivity index (χ0) is 27.6. The van der Waals surface area contributed by atoms with Crippen molar-refractivity contribution in [3.8, 4) is 11.5 Å². The van der Waals surface area contributed by atoms with Gasteiger partial charge < -0.3 is 9.57 Å². The molecule has 0 radical (unpaired) electrons. The van der Waals surface area contributed by atoms with Gasteiger partial charge in [-0.15, -0.1) is 11.8 Å². The highest BCUT2D eigenvalue weighted by atomic mass is 35.5. The van der Waals surface area contributed by atoms with E-state index in [-0.39, 0.29) is 17.3 Å². The second-order valence-electron chi connectivity index (χ2n) is 8.35. The van der Waals surface area contributed by atoms with Crippen molar-refractivity contribution in [2.24, 2.45) is 5.16 Å². The number of halogens is 1. The van der Waals surface area contributed by atoms with E-state index in [1.54, 1.807) is 72.8 Å². The van der Waals surface area contributed by atoms with Gasteiger partial charge in [-0.1, -0.05) is 47.1 Å². The minimum Gasteiger partial charge on any atom is -0.457 e. The van der Waals surface area contributed by atoms with Crippen LogP contribution in [0.4, 0.5) is 0 Å². The zero-order valence-electron chi connectivity index (χ0n) is 21.0. The summed E-state index contributed by atoms with van der Waals surface area (Å²) in [7, 11) is 0. The number of benzene rings is 4. The molecular weight excluding hydrogens is 534 g/mol. The Morgan fingerprint density at radius 3 is 1.90 bits per heavy atom. The molecule has 6 nitrogen and oxygen atoms in total. The van der Waals surface area contributed by atoms with Crippen molar-refractivity contribution in [2.75, 3.05) is 5.75 Å². The van der Waals surface area contributed by atoms with Crippen LogP contribution in [0.2, 0.25) is 5.02 Å². The highest BCUT2D eigenvalue weighted by molar-refractivity contribution is 7.99. The Balaban J connectivity index is 1.39. The summed E-state index contributed by atoms with van der Waals surface area (Å²) in [6.07, 6.45) is 0.297. The molecule has 4 aromatic carbocycles. The summed E-state index contributed by atoms with van der Waals surface area (Å²) in [5.74, 6) is 0.606. The highest BCUT2D eigenvalue weighted by Gasteiger charge is 2.16. The molecule has 39 heavy (non-hydrogen) atoms. The normalized spacial score (nSPS) is 11.1. The van der Waals surface area contributed by atoms with Crippen molar-refractivity contribution in [3.05, 3.63) is 125 Å². The number of oxime groups is 1. The van der Waals surface area contributed by atoms with E-state index in [9.17, 15) is 14.4 Å². The Hall–Kier alpha value is -4.20. The molecule has 0 aliphatic heterocycles. The topological polar surface area (TPSA) is 82.0 Å². The fourth-order valence-electron chi connectivity index (χ4n) is 3.52. The predicted octanol–water partition coefficient (Wildman–Crippen LogP) is 7.65. The molecule has 4 rings (SSSR count). The van der Waals surface area contributed by atoms with Crippen molar-refractivity contribution >= 4 is 46.6 Å². The third kappa shape index (κ3) is 8.14. The van der Waals surface area contributed by atoms with Gasteiger partial charge in [-0.05, 0) is 72.8 Å². The van der Waals surface area contributed by atoms with Gasteiger partial charge >= 0.3 is 5.97 Å². The Morgan fingerprint density at radius 2 is 1.31 bits per heavy atom. The second kappa shape index (κ2) is 13.6. The van der Waals surface area contributed by atoms with E-state index >= 15 is 0 Å². The SMILES string of the molecule is CC(=O)O/N=C(\CCSc1ccc(Cl)cc1)C(=O)c1ccc(Oc2ccc(C(=O)c3ccccc3)cc2)cc1. The van der Waals surface area contributed by atoms with Gasteiger partial charge in [0.15, 0.2) is 5.78 Å². The maximum atomic E-state index is 13.1. The first-order chi connectivity index (χ1) is 18.9. The molecule has 0 amide bonds. The number of Topliss-reactive ketones (excluding diaryl/α,β-unsaturated/α-hetero) is 1. The van der Waals surface area contributed by atoms with Crippen molar-refractivity contribution in [2.45, 2.75) is 18.2 Å². The van der Waals surface area contributed by atoms with E-state index in [4.69, 9.17) is 21.2 Å². The molecule has 0 bridgehead atoms. The van der Waals surface area contributed by atoms with Gasteiger partial charge in [0.1, 0.15) is 17.2 Å². The quantitative estimate of drug-likeness (QED) is 0.0619. The van der Waals surface area contributed by atoms with Gasteiger partial charge in [0.05, 0.1) is 0 Å². The molecule has 196 valence electrons. The van der Waals surface area contributed by atoms with Gasteiger partial charge in [-0.2, -0.15) is 0 Å². The molecule has 4 aromatic rings. The van der Waals surface area contributed by atoms with Gasteiger partial charge in [0.25, 0.3) is 0 Å². The van der Waals surface area contributed by atoms with E-state index in [1.807, 2.05) is 30.3 Å². The molecule has 0 spiro atoms. The molecule has 0 aliphatic carbocycles. The lowest BCUT2D eigenvalue weighted by molar-refractivity contribution is -0.140. The number of nitrogens with zero attached hydrogens (tertiary/aromatic N) is 1. The number of carbonyl (C=O) groups is 3. The fraction of sp³-hybridized carbons (Fsp3) is 0.0968. The standard InChI is InChI=1S/C31H24ClNO5S/c1-21(34)38-33-29(19-20-39-28-17-11-25(32)12-18-28)31(36)24-9-15-27(16-10-24)37-26-13-7-23(8-14-26)30(35)22-5-3-2-4-6-22/h2-18H,19-20H2,1H3/b33-29+. The average molecular weight is 558 g/mol. The number of hydrogen-bond donors (Lipinski definition) is 0. The van der Waals surface area contributed by atoms with Crippen LogP contribution in [0, 0.1) is 0 Å². The van der Waals surface area contributed by atoms with Gasteiger partial charge in [-0.3, -0.25) is 9.59 Å². The van der Waals surface area contributed by atoms with Crippen molar-refractivity contribution in [1.29, 1.82) is 0 Å². The minimum absolute atomic E-state index is 0.0669. The van der Waals surface area contributed by atoms with E-state index < -0.39 is 5.97 Å². The van der Waals surface area contributed by atoms with Crippen LogP contribution in [0.3, 0.4) is 0 Å². The number of thioether (sulfide) groups is 1. The van der Waals surface area contributed by atoms with Crippen LogP contribution in [0.15, 0.2) is 113 Å². The third-order valence-electron chi connectivity index (χ3n) is 5.47. The number of carbonyl (C=O) groups excluding carboxylic acids is 3. The number of ether oxygens (including phenoxy) is 1. The van der Waals surface area contributed by atoms with Crippen molar-refractivity contribution in [1.82, 2.24) is 0 Å². The van der Waals surface area contributed by atoms with Gasteiger partial charge in [0.2, 0.25) is 5.78 Å². The molecule has 0 saturated carbocycles. The Kier molecular flexibility index (Phi) is 9.67. The van der Waals surface area contributed by atoms with Crippen LogP contribution < -0.4 is 4.74 Å². The van der Waals surface area contributed by atoms with Crippen LogP contribution in [0.25, 0.3) is 0 Å². The molecule has 0 fully saturated rings. The number of ketones is 2. The maximum absolute atomic E-state index is 13.1. The summed E-state index contributed by atoms with van der Waals surface area (Å²) < 4.78 is 5.88. The molecule has 0 aliphatic rings. The third-order valence-corrected chi connectivity index (χ3v) is 6.74. The smallest absolute Gasteiger partial charge is 0.331 e. The maximum Gasteiger partial charge on any atom is 0.331 e. The van der Waals surface area contributed by atoms with Crippen molar-refractivity contribution in [3.63, 3.8) is 0 Å². The highest BCUT2D eigenvalue weighted by Crippen LogP contribution is 2.24. The molecule has 0 N–H and O–H groups in total.